The Morgan fingerprint density at radius 1 is 1.20 bits per heavy atom. The quantitative estimate of drug-likeness (QED) is 0.341. The highest BCUT2D eigenvalue weighted by atomic mass is 127. The van der Waals surface area contributed by atoms with Crippen LogP contribution in [0, 0.1) is 0 Å². The molecule has 0 atom stereocenters. The van der Waals surface area contributed by atoms with E-state index in [4.69, 9.17) is 0 Å². The number of carbonyl (C=O) groups is 1. The maximum absolute atomic E-state index is 12.0. The number of hydrogen-bond acceptors (Lipinski definition) is 4. The smallest absolute Gasteiger partial charge is 0.234 e. The summed E-state index contributed by atoms with van der Waals surface area (Å²) in [5, 5.41) is 10.7. The normalized spacial score (nSPS) is 15.1. The highest BCUT2D eigenvalue weighted by molar-refractivity contribution is 14.0. The molecule has 1 aliphatic heterocycles. The Hall–Kier alpha value is -2.14. The lowest BCUT2D eigenvalue weighted by atomic mass is 10.2. The first-order valence-electron chi connectivity index (χ1n) is 10.1. The average Bonchev–Trinajstić information content (AvgIpc) is 3.24. The van der Waals surface area contributed by atoms with Gasteiger partial charge in [0.2, 0.25) is 5.91 Å². The first-order chi connectivity index (χ1) is 14.0. The van der Waals surface area contributed by atoms with Crippen LogP contribution in [0.1, 0.15) is 19.4 Å². The number of hydrogen-bond donors (Lipinski definition) is 2. The van der Waals surface area contributed by atoms with Gasteiger partial charge in [-0.2, -0.15) is 5.10 Å². The number of nitrogens with zero attached hydrogens (tertiary/aromatic N) is 5. The standard InChI is InChI=1S/C21H31N7O.HI/c1-17(2)25-20(29)16-26-10-12-27(13-11-26)21(22-3)23-15-18-6-4-7-19(14-18)28-9-5-8-24-28;/h4-9,14,17H,10-13,15-16H2,1-3H3,(H,22,23)(H,25,29);1H. The minimum absolute atomic E-state index is 0. The molecule has 0 unspecified atom stereocenters. The average molecular weight is 525 g/mol. The van der Waals surface area contributed by atoms with Gasteiger partial charge in [0.1, 0.15) is 0 Å². The highest BCUT2D eigenvalue weighted by Gasteiger charge is 2.21. The molecule has 0 radical (unpaired) electrons. The van der Waals surface area contributed by atoms with E-state index in [0.29, 0.717) is 13.1 Å². The lowest BCUT2D eigenvalue weighted by Crippen LogP contribution is -2.54. The molecule has 1 aliphatic rings. The number of guanidine groups is 1. The van der Waals surface area contributed by atoms with E-state index in [1.165, 1.54) is 5.56 Å². The number of carbonyl (C=O) groups excluding carboxylic acids is 1. The van der Waals surface area contributed by atoms with Crippen molar-refractivity contribution in [3.05, 3.63) is 48.3 Å². The zero-order valence-corrected chi connectivity index (χ0v) is 20.2. The summed E-state index contributed by atoms with van der Waals surface area (Å²) in [5.41, 5.74) is 2.21. The molecule has 0 aliphatic carbocycles. The molecule has 1 aromatic heterocycles. The molecule has 0 spiro atoms. The summed E-state index contributed by atoms with van der Waals surface area (Å²) in [4.78, 5) is 20.8. The molecule has 0 saturated carbocycles. The second kappa shape index (κ2) is 11.9. The van der Waals surface area contributed by atoms with Crippen molar-refractivity contribution >= 4 is 35.8 Å². The zero-order valence-electron chi connectivity index (χ0n) is 17.9. The molecule has 9 heteroatoms. The van der Waals surface area contributed by atoms with Gasteiger partial charge in [0.25, 0.3) is 0 Å². The molecular formula is C21H32IN7O. The van der Waals surface area contributed by atoms with Crippen molar-refractivity contribution in [2.75, 3.05) is 39.8 Å². The van der Waals surface area contributed by atoms with E-state index in [1.54, 1.807) is 6.20 Å². The highest BCUT2D eigenvalue weighted by Crippen LogP contribution is 2.10. The van der Waals surface area contributed by atoms with Gasteiger partial charge < -0.3 is 15.5 Å². The molecule has 3 rings (SSSR count). The van der Waals surface area contributed by atoms with Gasteiger partial charge in [0, 0.05) is 58.2 Å². The number of rotatable bonds is 6. The van der Waals surface area contributed by atoms with Crippen molar-refractivity contribution in [2.45, 2.75) is 26.4 Å². The third-order valence-corrected chi connectivity index (χ3v) is 4.83. The van der Waals surface area contributed by atoms with E-state index >= 15 is 0 Å². The SMILES string of the molecule is CN=C(NCc1cccc(-n2cccn2)c1)N1CCN(CC(=O)NC(C)C)CC1.I. The van der Waals surface area contributed by atoms with Crippen molar-refractivity contribution in [1.29, 1.82) is 0 Å². The fourth-order valence-electron chi connectivity index (χ4n) is 3.43. The predicted octanol–water partition coefficient (Wildman–Crippen LogP) is 1.71. The lowest BCUT2D eigenvalue weighted by Gasteiger charge is -2.36. The fourth-order valence-corrected chi connectivity index (χ4v) is 3.43. The molecule has 2 N–H and O–H groups in total. The predicted molar refractivity (Wildman–Crippen MR) is 130 cm³/mol. The van der Waals surface area contributed by atoms with E-state index in [1.807, 2.05) is 50.0 Å². The first kappa shape index (κ1) is 24.1. The van der Waals surface area contributed by atoms with Crippen molar-refractivity contribution in [3.8, 4) is 5.69 Å². The van der Waals surface area contributed by atoms with Gasteiger partial charge in [-0.1, -0.05) is 12.1 Å². The van der Waals surface area contributed by atoms with Gasteiger partial charge in [-0.05, 0) is 37.6 Å². The number of amides is 1. The number of piperazine rings is 1. The van der Waals surface area contributed by atoms with Crippen LogP contribution >= 0.6 is 24.0 Å². The summed E-state index contributed by atoms with van der Waals surface area (Å²) in [6.07, 6.45) is 3.71. The summed E-state index contributed by atoms with van der Waals surface area (Å²) in [6, 6.07) is 10.4. The van der Waals surface area contributed by atoms with Crippen molar-refractivity contribution in [3.63, 3.8) is 0 Å². The van der Waals surface area contributed by atoms with Crippen molar-refractivity contribution in [2.24, 2.45) is 4.99 Å². The maximum atomic E-state index is 12.0. The molecule has 30 heavy (non-hydrogen) atoms. The molecular weight excluding hydrogens is 493 g/mol. The summed E-state index contributed by atoms with van der Waals surface area (Å²) < 4.78 is 1.85. The van der Waals surface area contributed by atoms with E-state index in [9.17, 15) is 4.79 Å². The Bertz CT molecular complexity index is 815. The van der Waals surface area contributed by atoms with E-state index in [-0.39, 0.29) is 35.9 Å². The number of nitrogens with one attached hydrogen (secondary N) is 2. The van der Waals surface area contributed by atoms with Crippen LogP contribution in [-0.2, 0) is 11.3 Å². The summed E-state index contributed by atoms with van der Waals surface area (Å²) >= 11 is 0. The molecule has 2 heterocycles. The molecule has 1 fully saturated rings. The van der Waals surface area contributed by atoms with Crippen LogP contribution in [0.5, 0.6) is 0 Å². The van der Waals surface area contributed by atoms with Crippen molar-refractivity contribution < 1.29 is 4.79 Å². The Labute approximate surface area is 195 Å². The van der Waals surface area contributed by atoms with Crippen molar-refractivity contribution in [1.82, 2.24) is 30.2 Å². The topological polar surface area (TPSA) is 77.8 Å². The van der Waals surface area contributed by atoms with Crippen LogP contribution in [0.4, 0.5) is 0 Å². The van der Waals surface area contributed by atoms with Crippen LogP contribution in [0.15, 0.2) is 47.7 Å². The second-order valence-electron chi connectivity index (χ2n) is 7.51. The molecule has 1 amide bonds. The number of aliphatic imine (C=N–C) groups is 1. The van der Waals surface area contributed by atoms with E-state index in [2.05, 4.69) is 42.7 Å². The van der Waals surface area contributed by atoms with Gasteiger partial charge in [0.05, 0.1) is 12.2 Å². The fraction of sp³-hybridized carbons (Fsp3) is 0.476. The van der Waals surface area contributed by atoms with Crippen LogP contribution in [-0.4, -0.2) is 77.3 Å². The van der Waals surface area contributed by atoms with Crippen LogP contribution in [0.2, 0.25) is 0 Å². The minimum atomic E-state index is 0. The monoisotopic (exact) mass is 525 g/mol. The largest absolute Gasteiger partial charge is 0.353 e. The van der Waals surface area contributed by atoms with E-state index < -0.39 is 0 Å². The molecule has 1 aromatic carbocycles. The van der Waals surface area contributed by atoms with Crippen LogP contribution in [0.25, 0.3) is 5.69 Å². The number of halogens is 1. The van der Waals surface area contributed by atoms with Gasteiger partial charge in [-0.3, -0.25) is 14.7 Å². The molecule has 164 valence electrons. The molecule has 1 saturated heterocycles. The van der Waals surface area contributed by atoms with Gasteiger partial charge in [-0.15, -0.1) is 24.0 Å². The zero-order chi connectivity index (χ0) is 20.6. The lowest BCUT2D eigenvalue weighted by molar-refractivity contribution is -0.123. The Morgan fingerprint density at radius 3 is 2.60 bits per heavy atom. The molecule has 2 aromatic rings. The Kier molecular flexibility index (Phi) is 9.57. The minimum Gasteiger partial charge on any atom is -0.353 e. The van der Waals surface area contributed by atoms with Gasteiger partial charge >= 0.3 is 0 Å². The van der Waals surface area contributed by atoms with Crippen LogP contribution in [0.3, 0.4) is 0 Å². The summed E-state index contributed by atoms with van der Waals surface area (Å²) in [6.45, 7) is 8.51. The summed E-state index contributed by atoms with van der Waals surface area (Å²) in [5.74, 6) is 0.980. The Balaban J connectivity index is 0.00000320. The third kappa shape index (κ3) is 6.98. The maximum Gasteiger partial charge on any atom is 0.234 e. The molecule has 0 bridgehead atoms. The van der Waals surface area contributed by atoms with E-state index in [0.717, 1.165) is 37.8 Å². The van der Waals surface area contributed by atoms with Gasteiger partial charge in [0.15, 0.2) is 5.96 Å². The van der Waals surface area contributed by atoms with Gasteiger partial charge in [-0.25, -0.2) is 4.68 Å². The third-order valence-electron chi connectivity index (χ3n) is 4.83. The number of aromatic nitrogens is 2. The Morgan fingerprint density at radius 2 is 1.97 bits per heavy atom. The van der Waals surface area contributed by atoms with Crippen LogP contribution < -0.4 is 10.6 Å². The number of benzene rings is 1. The second-order valence-corrected chi connectivity index (χ2v) is 7.51. The summed E-state index contributed by atoms with van der Waals surface area (Å²) in [7, 11) is 1.81. The first-order valence-corrected chi connectivity index (χ1v) is 10.1. The molecule has 8 nitrogen and oxygen atoms in total.